The molecule has 1 N–H and O–H groups in total. The molecule has 21 heavy (non-hydrogen) atoms. The third-order valence-corrected chi connectivity index (χ3v) is 5.98. The monoisotopic (exact) mass is 342 g/mol. The Morgan fingerprint density at radius 2 is 2.24 bits per heavy atom. The molecule has 0 radical (unpaired) electrons. The van der Waals surface area contributed by atoms with Crippen molar-refractivity contribution in [3.63, 3.8) is 0 Å². The molecule has 1 atom stereocenters. The number of aromatic nitrogens is 1. The topological polar surface area (TPSA) is 59.1 Å². The predicted octanol–water partition coefficient (Wildman–Crippen LogP) is 2.89. The number of carbonyl (C=O) groups excluding carboxylic acids is 1. The van der Waals surface area contributed by atoms with Crippen molar-refractivity contribution in [3.8, 4) is 0 Å². The average molecular weight is 343 g/mol. The molecule has 0 bridgehead atoms. The zero-order valence-corrected chi connectivity index (χ0v) is 14.4. The second-order valence-corrected chi connectivity index (χ2v) is 8.30. The van der Waals surface area contributed by atoms with E-state index in [0.29, 0.717) is 18.2 Å². The summed E-state index contributed by atoms with van der Waals surface area (Å²) in [6.45, 7) is 4.66. The fraction of sp³-hybridized carbons (Fsp3) is 0.429. The number of thiazole rings is 1. The number of carbonyl (C=O) groups is 1. The average Bonchev–Trinajstić information content (AvgIpc) is 3.06. The lowest BCUT2D eigenvalue weighted by atomic mass is 10.2. The maximum absolute atomic E-state index is 12.0. The smallest absolute Gasteiger partial charge is 0.232 e. The van der Waals surface area contributed by atoms with E-state index in [9.17, 15) is 9.00 Å². The van der Waals surface area contributed by atoms with E-state index < -0.39 is 10.8 Å². The van der Waals surface area contributed by atoms with Gasteiger partial charge in [-0.15, -0.1) is 22.7 Å². The molecule has 0 unspecified atom stereocenters. The lowest BCUT2D eigenvalue weighted by molar-refractivity contribution is -0.118. The van der Waals surface area contributed by atoms with Crippen LogP contribution in [0.25, 0.3) is 0 Å². The summed E-state index contributed by atoms with van der Waals surface area (Å²) in [6, 6.07) is 3.91. The molecular formula is C14H18N2O2S3. The Labute approximate surface area is 135 Å². The van der Waals surface area contributed by atoms with Crippen molar-refractivity contribution in [2.75, 3.05) is 5.75 Å². The van der Waals surface area contributed by atoms with E-state index in [2.05, 4.69) is 24.1 Å². The van der Waals surface area contributed by atoms with Crippen molar-refractivity contribution in [3.05, 3.63) is 38.5 Å². The Morgan fingerprint density at radius 1 is 1.43 bits per heavy atom. The van der Waals surface area contributed by atoms with Crippen molar-refractivity contribution in [2.45, 2.75) is 32.1 Å². The van der Waals surface area contributed by atoms with Crippen LogP contribution >= 0.6 is 22.7 Å². The lowest BCUT2D eigenvalue weighted by Gasteiger charge is -2.03. The third-order valence-electron chi connectivity index (χ3n) is 2.70. The van der Waals surface area contributed by atoms with Crippen molar-refractivity contribution < 1.29 is 9.00 Å². The summed E-state index contributed by atoms with van der Waals surface area (Å²) in [4.78, 5) is 17.3. The number of hydrogen-bond acceptors (Lipinski definition) is 5. The number of amides is 1. The lowest BCUT2D eigenvalue weighted by Crippen LogP contribution is -2.27. The van der Waals surface area contributed by atoms with E-state index in [1.807, 2.05) is 22.9 Å². The van der Waals surface area contributed by atoms with Gasteiger partial charge >= 0.3 is 0 Å². The minimum atomic E-state index is -1.21. The summed E-state index contributed by atoms with van der Waals surface area (Å²) in [5, 5.41) is 7.73. The molecule has 0 fully saturated rings. The van der Waals surface area contributed by atoms with Gasteiger partial charge in [0, 0.05) is 27.0 Å². The summed E-state index contributed by atoms with van der Waals surface area (Å²) in [5.41, 5.74) is 0.813. The highest BCUT2D eigenvalue weighted by atomic mass is 32.2. The summed E-state index contributed by atoms with van der Waals surface area (Å²) in [6.07, 6.45) is 0. The SMILES string of the molecule is CC(C)c1nc(C[S@@](=O)CC(=O)NCc2cccs2)cs1. The predicted molar refractivity (Wildman–Crippen MR) is 89.1 cm³/mol. The van der Waals surface area contributed by atoms with Gasteiger partial charge in [-0.05, 0) is 11.4 Å². The van der Waals surface area contributed by atoms with Gasteiger partial charge in [-0.3, -0.25) is 9.00 Å². The van der Waals surface area contributed by atoms with Crippen LogP contribution in [-0.2, 0) is 27.9 Å². The third kappa shape index (κ3) is 5.33. The summed E-state index contributed by atoms with van der Waals surface area (Å²) in [7, 11) is -1.21. The standard InChI is InChI=1S/C14H18N2O2S3/c1-10(2)14-16-11(7-20-14)8-21(18)9-13(17)15-6-12-4-3-5-19-12/h3-5,7,10H,6,8-9H2,1-2H3,(H,15,17)/t21-/m1/s1. The van der Waals surface area contributed by atoms with Crippen molar-refractivity contribution in [1.29, 1.82) is 0 Å². The van der Waals surface area contributed by atoms with E-state index in [1.54, 1.807) is 22.7 Å². The van der Waals surface area contributed by atoms with E-state index >= 15 is 0 Å². The molecule has 2 aromatic heterocycles. The van der Waals surface area contributed by atoms with Crippen molar-refractivity contribution in [2.24, 2.45) is 0 Å². The molecule has 4 nitrogen and oxygen atoms in total. The van der Waals surface area contributed by atoms with E-state index in [-0.39, 0.29) is 11.7 Å². The molecule has 0 saturated heterocycles. The van der Waals surface area contributed by atoms with Gasteiger partial charge in [-0.2, -0.15) is 0 Å². The van der Waals surface area contributed by atoms with Gasteiger partial charge in [-0.25, -0.2) is 4.98 Å². The Bertz CT molecular complexity index is 606. The Hall–Kier alpha value is -1.05. The number of nitrogens with zero attached hydrogens (tertiary/aromatic N) is 1. The highest BCUT2D eigenvalue weighted by Crippen LogP contribution is 2.19. The van der Waals surface area contributed by atoms with Gasteiger partial charge in [0.1, 0.15) is 5.75 Å². The van der Waals surface area contributed by atoms with Gasteiger partial charge in [-0.1, -0.05) is 19.9 Å². The van der Waals surface area contributed by atoms with Crippen LogP contribution in [-0.4, -0.2) is 20.9 Å². The molecule has 0 aliphatic heterocycles. The maximum Gasteiger partial charge on any atom is 0.232 e. The normalized spacial score (nSPS) is 12.5. The zero-order valence-electron chi connectivity index (χ0n) is 12.0. The molecule has 2 heterocycles. The summed E-state index contributed by atoms with van der Waals surface area (Å²) >= 11 is 3.17. The first-order chi connectivity index (χ1) is 10.0. The van der Waals surface area contributed by atoms with Crippen LogP contribution in [0.15, 0.2) is 22.9 Å². The molecule has 0 aliphatic carbocycles. The number of rotatable bonds is 7. The van der Waals surface area contributed by atoms with E-state index in [1.165, 1.54) is 0 Å². The first-order valence-corrected chi connectivity index (χ1v) is 9.87. The fourth-order valence-corrected chi connectivity index (χ4v) is 4.23. The Kier molecular flexibility index (Phi) is 6.08. The molecular weight excluding hydrogens is 324 g/mol. The first kappa shape index (κ1) is 16.3. The van der Waals surface area contributed by atoms with Crippen LogP contribution in [0.5, 0.6) is 0 Å². The van der Waals surface area contributed by atoms with Crippen LogP contribution in [0.2, 0.25) is 0 Å². The molecule has 0 aliphatic rings. The van der Waals surface area contributed by atoms with Crippen molar-refractivity contribution >= 4 is 39.4 Å². The number of thiophene rings is 1. The summed E-state index contributed by atoms with van der Waals surface area (Å²) in [5.74, 6) is 0.572. The maximum atomic E-state index is 12.0. The molecule has 114 valence electrons. The number of hydrogen-bond donors (Lipinski definition) is 1. The highest BCUT2D eigenvalue weighted by molar-refractivity contribution is 7.84. The van der Waals surface area contributed by atoms with E-state index in [0.717, 1.165) is 15.6 Å². The molecule has 0 spiro atoms. The van der Waals surface area contributed by atoms with Gasteiger partial charge in [0.2, 0.25) is 5.91 Å². The molecule has 2 aromatic rings. The second kappa shape index (κ2) is 7.82. The quantitative estimate of drug-likeness (QED) is 0.842. The minimum absolute atomic E-state index is 0.0277. The Balaban J connectivity index is 1.76. The summed E-state index contributed by atoms with van der Waals surface area (Å²) < 4.78 is 12.0. The zero-order chi connectivity index (χ0) is 15.2. The van der Waals surface area contributed by atoms with Gasteiger partial charge < -0.3 is 5.32 Å². The van der Waals surface area contributed by atoms with Crippen LogP contribution in [0.1, 0.15) is 35.3 Å². The van der Waals surface area contributed by atoms with Crippen LogP contribution in [0.4, 0.5) is 0 Å². The highest BCUT2D eigenvalue weighted by Gasteiger charge is 2.12. The van der Waals surface area contributed by atoms with Crippen molar-refractivity contribution in [1.82, 2.24) is 10.3 Å². The molecule has 0 aromatic carbocycles. The van der Waals surface area contributed by atoms with Crippen LogP contribution in [0, 0.1) is 0 Å². The molecule has 0 saturated carbocycles. The molecule has 2 rings (SSSR count). The largest absolute Gasteiger partial charge is 0.350 e. The van der Waals surface area contributed by atoms with E-state index in [4.69, 9.17) is 0 Å². The minimum Gasteiger partial charge on any atom is -0.350 e. The molecule has 1 amide bonds. The van der Waals surface area contributed by atoms with Crippen LogP contribution in [0.3, 0.4) is 0 Å². The Morgan fingerprint density at radius 3 is 2.86 bits per heavy atom. The van der Waals surface area contributed by atoms with Gasteiger partial charge in [0.15, 0.2) is 0 Å². The molecule has 7 heteroatoms. The van der Waals surface area contributed by atoms with Gasteiger partial charge in [0.25, 0.3) is 0 Å². The fourth-order valence-electron chi connectivity index (χ4n) is 1.67. The first-order valence-electron chi connectivity index (χ1n) is 6.63. The van der Waals surface area contributed by atoms with Crippen LogP contribution < -0.4 is 5.32 Å². The second-order valence-electron chi connectivity index (χ2n) is 4.92. The van der Waals surface area contributed by atoms with Gasteiger partial charge in [0.05, 0.1) is 23.0 Å². The number of nitrogens with one attached hydrogen (secondary N) is 1.